The lowest BCUT2D eigenvalue weighted by Gasteiger charge is -2.06. The molecule has 0 unspecified atom stereocenters. The minimum Gasteiger partial charge on any atom is -0.208 e. The Labute approximate surface area is 163 Å². The molecule has 1 aromatic heterocycles. The van der Waals surface area contributed by atoms with Crippen LogP contribution in [-0.2, 0) is 0 Å². The van der Waals surface area contributed by atoms with Gasteiger partial charge in [-0.3, -0.25) is 0 Å². The van der Waals surface area contributed by atoms with E-state index in [9.17, 15) is 0 Å². The van der Waals surface area contributed by atoms with Gasteiger partial charge in [-0.05, 0) is 22.7 Å². The Morgan fingerprint density at radius 3 is 1.84 bits per heavy atom. The largest absolute Gasteiger partial charge is 0.226 e. The van der Waals surface area contributed by atoms with Crippen LogP contribution in [0.1, 0.15) is 12.3 Å². The van der Waals surface area contributed by atoms with Gasteiger partial charge in [0.1, 0.15) is 0 Å². The highest BCUT2D eigenvalue weighted by Gasteiger charge is 2.09. The first-order chi connectivity index (χ1) is 16.0. The fraction of sp³-hybridized carbons (Fsp3) is 0. The molecule has 0 aliphatic heterocycles. The minimum atomic E-state index is -0.645. The van der Waals surface area contributed by atoms with E-state index < -0.39 is 65.5 Å². The predicted molar refractivity (Wildman–Crippen MR) is 101 cm³/mol. The normalized spacial score (nSPS) is 15.6. The van der Waals surface area contributed by atoms with Gasteiger partial charge in [0.2, 0.25) is 5.28 Å². The van der Waals surface area contributed by atoms with Gasteiger partial charge in [-0.15, -0.1) is 0 Å². The third-order valence-electron chi connectivity index (χ3n) is 3.24. The molecule has 0 atom stereocenters. The number of rotatable bonds is 3. The maximum Gasteiger partial charge on any atom is 0.226 e. The number of aromatic nitrogens is 3. The fourth-order valence-electron chi connectivity index (χ4n) is 2.10. The van der Waals surface area contributed by atoms with Crippen LogP contribution in [-0.4, -0.2) is 15.0 Å². The topological polar surface area (TPSA) is 38.7 Å². The van der Waals surface area contributed by atoms with Crippen molar-refractivity contribution in [2.75, 3.05) is 0 Å². The molecule has 0 aliphatic carbocycles. The van der Waals surface area contributed by atoms with Crippen LogP contribution in [0, 0.1) is 0 Å². The first-order valence-electron chi connectivity index (χ1n) is 11.7. The van der Waals surface area contributed by atoms with Gasteiger partial charge in [0, 0.05) is 11.1 Å². The predicted octanol–water partition coefficient (Wildman–Crippen LogP) is 5.53. The average molecular weight is 353 g/mol. The summed E-state index contributed by atoms with van der Waals surface area (Å²) in [6.07, 6.45) is 0. The van der Waals surface area contributed by atoms with E-state index in [-0.39, 0.29) is 22.5 Å². The summed E-state index contributed by atoms with van der Waals surface area (Å²) in [5, 5.41) is -0.213. The minimum absolute atomic E-state index is 0.169. The molecule has 1 heterocycles. The van der Waals surface area contributed by atoms with Gasteiger partial charge in [0.05, 0.1) is 12.3 Å². The molecule has 0 aliphatic rings. The zero-order chi connectivity index (χ0) is 24.9. The van der Waals surface area contributed by atoms with Crippen LogP contribution in [0.2, 0.25) is 5.28 Å². The van der Waals surface area contributed by atoms with Gasteiger partial charge in [0.25, 0.3) is 0 Å². The van der Waals surface area contributed by atoms with Gasteiger partial charge < -0.3 is 0 Å². The summed E-state index contributed by atoms with van der Waals surface area (Å²) < 4.78 is 73.8. The summed E-state index contributed by atoms with van der Waals surface area (Å²) in [5.41, 5.74) is -0.501. The first kappa shape index (κ1) is 8.37. The van der Waals surface area contributed by atoms with Crippen molar-refractivity contribution < 1.29 is 12.3 Å². The van der Waals surface area contributed by atoms with Crippen molar-refractivity contribution >= 4 is 11.6 Å². The highest BCUT2D eigenvalue weighted by Crippen LogP contribution is 2.25. The lowest BCUT2D eigenvalue weighted by molar-refractivity contribution is 1.07. The lowest BCUT2D eigenvalue weighted by Crippen LogP contribution is -1.97. The SMILES string of the molecule is [2H]c1c([2H])c([2H])c(-c2c([2H])c([2H])c(-c3nc(Cl)nc(-c4ccccc4)n3)c([2H])c2[2H])c([2H])c1[2H]. The molecular weight excluding hydrogens is 330 g/mol. The highest BCUT2D eigenvalue weighted by atomic mass is 35.5. The molecular formula is C21H14ClN3. The molecule has 3 aromatic carbocycles. The number of nitrogens with zero attached hydrogens (tertiary/aromatic N) is 3. The molecule has 0 N–H and O–H groups in total. The Kier molecular flexibility index (Phi) is 2.29. The van der Waals surface area contributed by atoms with Crippen LogP contribution >= 0.6 is 11.6 Å². The molecule has 0 radical (unpaired) electrons. The molecule has 3 nitrogen and oxygen atoms in total. The smallest absolute Gasteiger partial charge is 0.208 e. The van der Waals surface area contributed by atoms with E-state index in [2.05, 4.69) is 15.0 Å². The fourth-order valence-corrected chi connectivity index (χ4v) is 2.26. The van der Waals surface area contributed by atoms with Crippen molar-refractivity contribution in [2.24, 2.45) is 0 Å². The number of hydrogen-bond acceptors (Lipinski definition) is 3. The molecule has 4 rings (SSSR count). The standard InChI is InChI=1S/C21H14ClN3/c22-21-24-19(17-9-5-2-6-10-17)23-20(25-21)18-13-11-16(12-14-18)15-7-3-1-4-8-15/h1-14H/i1D,3D,4D,7D,8D,11D,12D,13D,14D. The van der Waals surface area contributed by atoms with E-state index in [1.165, 1.54) is 0 Å². The average Bonchev–Trinajstić information content (AvgIpc) is 2.82. The Balaban J connectivity index is 2.01. The van der Waals surface area contributed by atoms with E-state index in [1.807, 2.05) is 0 Å². The molecule has 0 fully saturated rings. The second kappa shape index (κ2) is 6.83. The Hall–Kier alpha value is -3.04. The molecule has 0 saturated heterocycles. The summed E-state index contributed by atoms with van der Waals surface area (Å²) in [5.74, 6) is -0.0226. The van der Waals surface area contributed by atoms with Crippen LogP contribution in [0.3, 0.4) is 0 Å². The monoisotopic (exact) mass is 352 g/mol. The lowest BCUT2D eigenvalue weighted by atomic mass is 10.0. The van der Waals surface area contributed by atoms with E-state index >= 15 is 0 Å². The third kappa shape index (κ3) is 3.42. The third-order valence-corrected chi connectivity index (χ3v) is 3.41. The van der Waals surface area contributed by atoms with Crippen molar-refractivity contribution in [1.29, 1.82) is 0 Å². The molecule has 0 saturated carbocycles. The van der Waals surface area contributed by atoms with Crippen molar-refractivity contribution in [2.45, 2.75) is 0 Å². The van der Waals surface area contributed by atoms with Crippen LogP contribution < -0.4 is 0 Å². The Bertz CT molecular complexity index is 1400. The van der Waals surface area contributed by atoms with Gasteiger partial charge in [-0.1, -0.05) is 84.7 Å². The van der Waals surface area contributed by atoms with Crippen molar-refractivity contribution in [1.82, 2.24) is 15.0 Å². The molecule has 4 heteroatoms. The zero-order valence-corrected chi connectivity index (χ0v) is 13.4. The van der Waals surface area contributed by atoms with Crippen LogP contribution in [0.25, 0.3) is 33.9 Å². The summed E-state index contributed by atoms with van der Waals surface area (Å²) in [7, 11) is 0. The molecule has 120 valence electrons. The van der Waals surface area contributed by atoms with E-state index in [0.717, 1.165) is 0 Å². The number of hydrogen-bond donors (Lipinski definition) is 0. The summed E-state index contributed by atoms with van der Waals surface area (Å²) in [6.45, 7) is 0. The number of halogens is 1. The molecule has 0 amide bonds. The van der Waals surface area contributed by atoms with E-state index in [1.54, 1.807) is 30.3 Å². The van der Waals surface area contributed by atoms with Gasteiger partial charge >= 0.3 is 0 Å². The quantitative estimate of drug-likeness (QED) is 0.487. The molecule has 0 bridgehead atoms. The van der Waals surface area contributed by atoms with E-state index in [0.29, 0.717) is 5.56 Å². The van der Waals surface area contributed by atoms with Gasteiger partial charge in [0.15, 0.2) is 11.6 Å². The maximum absolute atomic E-state index is 8.51. The summed E-state index contributed by atoms with van der Waals surface area (Å²) in [4.78, 5) is 12.3. The summed E-state index contributed by atoms with van der Waals surface area (Å²) in [6, 6.07) is 3.29. The summed E-state index contributed by atoms with van der Waals surface area (Å²) >= 11 is 6.06. The first-order valence-corrected chi connectivity index (χ1v) is 7.57. The van der Waals surface area contributed by atoms with Crippen molar-refractivity contribution in [3.05, 3.63) is 90.0 Å². The van der Waals surface area contributed by atoms with Crippen molar-refractivity contribution in [3.8, 4) is 33.9 Å². The van der Waals surface area contributed by atoms with Crippen LogP contribution in [0.4, 0.5) is 0 Å². The second-order valence-electron chi connectivity index (χ2n) is 4.87. The van der Waals surface area contributed by atoms with E-state index in [4.69, 9.17) is 23.9 Å². The molecule has 25 heavy (non-hydrogen) atoms. The molecule has 0 spiro atoms. The van der Waals surface area contributed by atoms with Crippen LogP contribution in [0.5, 0.6) is 0 Å². The van der Waals surface area contributed by atoms with Crippen LogP contribution in [0.15, 0.2) is 84.7 Å². The zero-order valence-electron chi connectivity index (χ0n) is 21.6. The Morgan fingerprint density at radius 1 is 0.600 bits per heavy atom. The van der Waals surface area contributed by atoms with Gasteiger partial charge in [-0.2, -0.15) is 9.97 Å². The molecule has 4 aromatic rings. The van der Waals surface area contributed by atoms with Gasteiger partial charge in [-0.25, -0.2) is 4.98 Å². The number of benzene rings is 3. The van der Waals surface area contributed by atoms with Crippen molar-refractivity contribution in [3.63, 3.8) is 0 Å². The highest BCUT2D eigenvalue weighted by molar-refractivity contribution is 6.28. The second-order valence-corrected chi connectivity index (χ2v) is 5.21. The maximum atomic E-state index is 8.51. The Morgan fingerprint density at radius 2 is 1.16 bits per heavy atom.